The molecule has 0 saturated carbocycles. The second-order valence-electron chi connectivity index (χ2n) is 5.60. The van der Waals surface area contributed by atoms with Gasteiger partial charge in [0.15, 0.2) is 0 Å². The summed E-state index contributed by atoms with van der Waals surface area (Å²) in [5, 5.41) is 3.78. The summed E-state index contributed by atoms with van der Waals surface area (Å²) in [5.74, 6) is 0.669. The lowest BCUT2D eigenvalue weighted by Gasteiger charge is -2.26. The molecule has 24 heavy (non-hydrogen) atoms. The van der Waals surface area contributed by atoms with Gasteiger partial charge in [-0.1, -0.05) is 22.0 Å². The predicted molar refractivity (Wildman–Crippen MR) is 97.0 cm³/mol. The third-order valence-electron chi connectivity index (χ3n) is 3.97. The first kappa shape index (κ1) is 15.4. The fourth-order valence-electron chi connectivity index (χ4n) is 2.81. The molecule has 3 aromatic rings. The van der Waals surface area contributed by atoms with Crippen LogP contribution in [-0.2, 0) is 6.42 Å². The van der Waals surface area contributed by atoms with E-state index in [0.717, 1.165) is 21.2 Å². The van der Waals surface area contributed by atoms with E-state index in [4.69, 9.17) is 4.74 Å². The van der Waals surface area contributed by atoms with Crippen molar-refractivity contribution in [3.05, 3.63) is 61.8 Å². The van der Waals surface area contributed by atoms with E-state index in [9.17, 15) is 9.59 Å². The van der Waals surface area contributed by atoms with Gasteiger partial charge in [0.05, 0.1) is 10.9 Å². The number of hydrogen-bond acceptors (Lipinski definition) is 4. The topological polar surface area (TPSA) is 71.2 Å². The van der Waals surface area contributed by atoms with Crippen LogP contribution in [0.15, 0.2) is 45.8 Å². The number of hydrogen-bond donors (Lipinski definition) is 2. The van der Waals surface area contributed by atoms with Crippen LogP contribution < -0.4 is 15.6 Å². The number of ether oxygens (including phenoxy) is 1. The SMILES string of the molecule is O=C(NC1COc2cccc(Br)c2C1)c1cc2cc[nH]c(=O)c2s1. The van der Waals surface area contributed by atoms with E-state index >= 15 is 0 Å². The number of carbonyl (C=O) groups excluding carboxylic acids is 1. The van der Waals surface area contributed by atoms with Crippen molar-refractivity contribution in [2.45, 2.75) is 12.5 Å². The number of pyridine rings is 1. The van der Waals surface area contributed by atoms with Crippen molar-refractivity contribution >= 4 is 43.3 Å². The molecule has 1 aliphatic heterocycles. The third kappa shape index (κ3) is 2.74. The lowest BCUT2D eigenvalue weighted by atomic mass is 10.0. The summed E-state index contributed by atoms with van der Waals surface area (Å²) < 4.78 is 7.28. The standard InChI is InChI=1S/C17H13BrN2O3S/c18-12-2-1-3-13-11(12)7-10(8-23-13)20-16(21)14-6-9-4-5-19-17(22)15(9)24-14/h1-6,10H,7-8H2,(H,19,22)(H,20,21). The average Bonchev–Trinajstić information content (AvgIpc) is 3.01. The highest BCUT2D eigenvalue weighted by molar-refractivity contribution is 9.10. The molecule has 5 nitrogen and oxygen atoms in total. The molecule has 2 N–H and O–H groups in total. The van der Waals surface area contributed by atoms with Gasteiger partial charge < -0.3 is 15.0 Å². The summed E-state index contributed by atoms with van der Waals surface area (Å²) in [7, 11) is 0. The van der Waals surface area contributed by atoms with E-state index in [-0.39, 0.29) is 17.5 Å². The fraction of sp³-hybridized carbons (Fsp3) is 0.176. The van der Waals surface area contributed by atoms with Crippen molar-refractivity contribution in [2.75, 3.05) is 6.61 Å². The smallest absolute Gasteiger partial charge is 0.265 e. The van der Waals surface area contributed by atoms with Crippen LogP contribution in [-0.4, -0.2) is 23.5 Å². The molecule has 1 aromatic carbocycles. The molecule has 4 rings (SSSR count). The maximum atomic E-state index is 12.5. The number of carbonyl (C=O) groups is 1. The second-order valence-corrected chi connectivity index (χ2v) is 7.51. The van der Waals surface area contributed by atoms with E-state index in [1.807, 2.05) is 18.2 Å². The van der Waals surface area contributed by atoms with Crippen LogP contribution in [0.2, 0.25) is 0 Å². The number of aromatic amines is 1. The Hall–Kier alpha value is -2.12. The van der Waals surface area contributed by atoms with Gasteiger partial charge >= 0.3 is 0 Å². The molecule has 3 heterocycles. The molecule has 1 amide bonds. The van der Waals surface area contributed by atoms with Crippen molar-refractivity contribution in [2.24, 2.45) is 0 Å². The van der Waals surface area contributed by atoms with E-state index in [0.29, 0.717) is 22.6 Å². The molecule has 0 spiro atoms. The van der Waals surface area contributed by atoms with Crippen molar-refractivity contribution in [3.8, 4) is 5.75 Å². The number of fused-ring (bicyclic) bond motifs is 2. The van der Waals surface area contributed by atoms with Crippen LogP contribution in [0, 0.1) is 0 Å². The summed E-state index contributed by atoms with van der Waals surface area (Å²) in [6.45, 7) is 0.431. The molecule has 1 atom stereocenters. The number of benzene rings is 1. The van der Waals surface area contributed by atoms with Gasteiger partial charge in [0, 0.05) is 28.0 Å². The van der Waals surface area contributed by atoms with Gasteiger partial charge in [0.25, 0.3) is 11.5 Å². The Kier molecular flexibility index (Phi) is 3.90. The maximum Gasteiger partial charge on any atom is 0.265 e. The molecule has 1 aliphatic rings. The van der Waals surface area contributed by atoms with Gasteiger partial charge in [0.2, 0.25) is 0 Å². The monoisotopic (exact) mass is 404 g/mol. The zero-order valence-electron chi connectivity index (χ0n) is 12.5. The van der Waals surface area contributed by atoms with Crippen molar-refractivity contribution in [1.29, 1.82) is 0 Å². The first-order valence-electron chi connectivity index (χ1n) is 7.44. The Balaban J connectivity index is 1.55. The Morgan fingerprint density at radius 2 is 2.25 bits per heavy atom. The minimum atomic E-state index is -0.181. The summed E-state index contributed by atoms with van der Waals surface area (Å²) in [5.41, 5.74) is 0.886. The van der Waals surface area contributed by atoms with Crippen LogP contribution in [0.25, 0.3) is 10.1 Å². The van der Waals surface area contributed by atoms with Gasteiger partial charge in [0.1, 0.15) is 17.1 Å². The quantitative estimate of drug-likeness (QED) is 0.689. The Bertz CT molecular complexity index is 995. The summed E-state index contributed by atoms with van der Waals surface area (Å²) in [6.07, 6.45) is 2.29. The molecule has 2 aromatic heterocycles. The highest BCUT2D eigenvalue weighted by Gasteiger charge is 2.24. The normalized spacial score (nSPS) is 16.5. The van der Waals surface area contributed by atoms with Crippen LogP contribution in [0.5, 0.6) is 5.75 Å². The fourth-order valence-corrected chi connectivity index (χ4v) is 4.27. The molecule has 0 bridgehead atoms. The molecule has 1 unspecified atom stereocenters. The molecule has 7 heteroatoms. The van der Waals surface area contributed by atoms with Gasteiger partial charge in [-0.2, -0.15) is 0 Å². The van der Waals surface area contributed by atoms with Crippen molar-refractivity contribution in [1.82, 2.24) is 10.3 Å². The van der Waals surface area contributed by atoms with E-state index in [1.165, 1.54) is 11.3 Å². The van der Waals surface area contributed by atoms with Gasteiger partial charge in [-0.15, -0.1) is 11.3 Å². The van der Waals surface area contributed by atoms with E-state index in [2.05, 4.69) is 26.2 Å². The van der Waals surface area contributed by atoms with Gasteiger partial charge in [-0.05, 0) is 24.3 Å². The van der Waals surface area contributed by atoms with E-state index in [1.54, 1.807) is 18.3 Å². The highest BCUT2D eigenvalue weighted by Crippen LogP contribution is 2.31. The maximum absolute atomic E-state index is 12.5. The zero-order valence-corrected chi connectivity index (χ0v) is 14.9. The highest BCUT2D eigenvalue weighted by atomic mass is 79.9. The minimum absolute atomic E-state index is 0.104. The molecule has 0 fully saturated rings. The molecule has 0 radical (unpaired) electrons. The number of amides is 1. The number of nitrogens with one attached hydrogen (secondary N) is 2. The second kappa shape index (κ2) is 6.07. The van der Waals surface area contributed by atoms with Crippen LogP contribution in [0.3, 0.4) is 0 Å². The summed E-state index contributed by atoms with van der Waals surface area (Å²) in [6, 6.07) is 9.25. The Labute approximate surface area is 149 Å². The lowest BCUT2D eigenvalue weighted by Crippen LogP contribution is -2.42. The number of rotatable bonds is 2. The van der Waals surface area contributed by atoms with Crippen molar-refractivity contribution in [3.63, 3.8) is 0 Å². The first-order chi connectivity index (χ1) is 11.6. The van der Waals surface area contributed by atoms with Crippen molar-refractivity contribution < 1.29 is 9.53 Å². The Morgan fingerprint density at radius 3 is 3.08 bits per heavy atom. The number of H-pyrrole nitrogens is 1. The van der Waals surface area contributed by atoms with E-state index < -0.39 is 0 Å². The first-order valence-corrected chi connectivity index (χ1v) is 9.05. The average molecular weight is 405 g/mol. The lowest BCUT2D eigenvalue weighted by molar-refractivity contribution is 0.0919. The summed E-state index contributed by atoms with van der Waals surface area (Å²) >= 11 is 4.73. The molecule has 0 aliphatic carbocycles. The third-order valence-corrected chi connectivity index (χ3v) is 5.86. The number of aromatic nitrogens is 1. The predicted octanol–water partition coefficient (Wildman–Crippen LogP) is 3.09. The molecular weight excluding hydrogens is 392 g/mol. The molecule has 0 saturated heterocycles. The summed E-state index contributed by atoms with van der Waals surface area (Å²) in [4.78, 5) is 27.4. The van der Waals surface area contributed by atoms with Crippen LogP contribution in [0.4, 0.5) is 0 Å². The molecular formula is C17H13BrN2O3S. The van der Waals surface area contributed by atoms with Crippen LogP contribution >= 0.6 is 27.3 Å². The van der Waals surface area contributed by atoms with Crippen LogP contribution in [0.1, 0.15) is 15.2 Å². The van der Waals surface area contributed by atoms with Gasteiger partial charge in [-0.3, -0.25) is 9.59 Å². The Morgan fingerprint density at radius 1 is 1.38 bits per heavy atom. The van der Waals surface area contributed by atoms with Gasteiger partial charge in [-0.25, -0.2) is 0 Å². The largest absolute Gasteiger partial charge is 0.491 e. The number of thiophene rings is 1. The number of halogens is 1. The zero-order chi connectivity index (χ0) is 16.7. The molecule has 122 valence electrons. The minimum Gasteiger partial charge on any atom is -0.491 e.